The average molecular weight is 166 g/mol. The fraction of sp³-hybridized carbons (Fsp3) is 0.800. The van der Waals surface area contributed by atoms with Gasteiger partial charge in [-0.15, -0.1) is 6.42 Å². The summed E-state index contributed by atoms with van der Waals surface area (Å²) in [6, 6.07) is 0. The minimum atomic E-state index is 0.702. The Morgan fingerprint density at radius 3 is 2.67 bits per heavy atom. The third-order valence-corrected chi connectivity index (χ3v) is 2.28. The molecule has 1 fully saturated rings. The van der Waals surface area contributed by atoms with Crippen LogP contribution >= 0.6 is 0 Å². The predicted octanol–water partition coefficient (Wildman–Crippen LogP) is 0.695. The number of nitrogens with zero attached hydrogens (tertiary/aromatic N) is 1. The lowest BCUT2D eigenvalue weighted by molar-refractivity contribution is 0.230. The fourth-order valence-electron chi connectivity index (χ4n) is 1.58. The van der Waals surface area contributed by atoms with E-state index in [1.165, 1.54) is 32.4 Å². The van der Waals surface area contributed by atoms with Crippen LogP contribution in [0.5, 0.6) is 0 Å². The van der Waals surface area contributed by atoms with E-state index in [1.54, 1.807) is 0 Å². The maximum atomic E-state index is 5.12. The van der Waals surface area contributed by atoms with Gasteiger partial charge in [0.25, 0.3) is 0 Å². The monoisotopic (exact) mass is 166 g/mol. The van der Waals surface area contributed by atoms with Crippen molar-refractivity contribution in [3.05, 3.63) is 0 Å². The van der Waals surface area contributed by atoms with Gasteiger partial charge < -0.3 is 10.2 Å². The molecule has 0 atom stereocenters. The summed E-state index contributed by atoms with van der Waals surface area (Å²) < 4.78 is 0. The second kappa shape index (κ2) is 6.05. The number of terminal acetylenes is 1. The molecule has 68 valence electrons. The van der Waals surface area contributed by atoms with E-state index in [1.807, 2.05) is 0 Å². The average Bonchev–Trinajstić information content (AvgIpc) is 2.14. The summed E-state index contributed by atoms with van der Waals surface area (Å²) in [4.78, 5) is 2.51. The smallest absolute Gasteiger partial charge is 0.0574 e. The first-order valence-electron chi connectivity index (χ1n) is 4.80. The van der Waals surface area contributed by atoms with Crippen LogP contribution in [-0.4, -0.2) is 37.6 Å². The van der Waals surface area contributed by atoms with E-state index in [4.69, 9.17) is 6.42 Å². The number of likely N-dealkylation sites (tertiary alicyclic amines) is 1. The molecule has 1 aliphatic rings. The first kappa shape index (κ1) is 9.57. The topological polar surface area (TPSA) is 15.3 Å². The molecule has 0 bridgehead atoms. The molecule has 12 heavy (non-hydrogen) atoms. The summed E-state index contributed by atoms with van der Waals surface area (Å²) in [6.07, 6.45) is 9.27. The molecule has 0 unspecified atom stereocenters. The van der Waals surface area contributed by atoms with Gasteiger partial charge in [-0.3, -0.25) is 0 Å². The Morgan fingerprint density at radius 1 is 1.25 bits per heavy atom. The summed E-state index contributed by atoms with van der Waals surface area (Å²) in [5, 5.41) is 3.20. The molecule has 0 saturated carbocycles. The Bertz CT molecular complexity index is 142. The van der Waals surface area contributed by atoms with Crippen molar-refractivity contribution in [3.8, 4) is 12.3 Å². The van der Waals surface area contributed by atoms with Gasteiger partial charge >= 0.3 is 0 Å². The van der Waals surface area contributed by atoms with Gasteiger partial charge in [0.2, 0.25) is 0 Å². The van der Waals surface area contributed by atoms with Crippen molar-refractivity contribution in [1.82, 2.24) is 10.2 Å². The summed E-state index contributed by atoms with van der Waals surface area (Å²) in [5.41, 5.74) is 0. The Hall–Kier alpha value is -0.520. The second-order valence-electron chi connectivity index (χ2n) is 3.28. The molecule has 0 radical (unpaired) electrons. The number of hydrogen-bond acceptors (Lipinski definition) is 2. The molecule has 1 rings (SSSR count). The van der Waals surface area contributed by atoms with Crippen molar-refractivity contribution in [1.29, 1.82) is 0 Å². The standard InChI is InChI=1S/C10H18N2/c1-2-6-11-7-10-12-8-4-3-5-9-12/h1,11H,3-10H2. The normalized spacial score (nSPS) is 18.9. The summed E-state index contributed by atoms with van der Waals surface area (Å²) in [7, 11) is 0. The predicted molar refractivity (Wildman–Crippen MR) is 52.0 cm³/mol. The minimum absolute atomic E-state index is 0.702. The van der Waals surface area contributed by atoms with Crippen molar-refractivity contribution < 1.29 is 0 Å². The van der Waals surface area contributed by atoms with Gasteiger partial charge in [-0.2, -0.15) is 0 Å². The number of piperidine rings is 1. The van der Waals surface area contributed by atoms with Gasteiger partial charge in [-0.1, -0.05) is 12.3 Å². The largest absolute Gasteiger partial charge is 0.305 e. The molecule has 1 N–H and O–H groups in total. The summed E-state index contributed by atoms with van der Waals surface area (Å²) in [6.45, 7) is 5.44. The lowest BCUT2D eigenvalue weighted by Gasteiger charge is -2.26. The van der Waals surface area contributed by atoms with Crippen molar-refractivity contribution in [2.24, 2.45) is 0 Å². The first-order valence-corrected chi connectivity index (χ1v) is 4.80. The van der Waals surface area contributed by atoms with Crippen LogP contribution in [0, 0.1) is 12.3 Å². The van der Waals surface area contributed by atoms with E-state index < -0.39 is 0 Å². The number of hydrogen-bond donors (Lipinski definition) is 1. The highest BCUT2D eigenvalue weighted by Crippen LogP contribution is 2.06. The van der Waals surface area contributed by atoms with Crippen LogP contribution in [0.25, 0.3) is 0 Å². The Labute approximate surface area is 75.3 Å². The van der Waals surface area contributed by atoms with Gasteiger partial charge in [0, 0.05) is 13.1 Å². The highest BCUT2D eigenvalue weighted by atomic mass is 15.1. The SMILES string of the molecule is C#CCNCCN1CCCCC1. The van der Waals surface area contributed by atoms with Crippen LogP contribution in [0.4, 0.5) is 0 Å². The van der Waals surface area contributed by atoms with Crippen LogP contribution < -0.4 is 5.32 Å². The van der Waals surface area contributed by atoms with E-state index in [-0.39, 0.29) is 0 Å². The van der Waals surface area contributed by atoms with Crippen LogP contribution in [0.2, 0.25) is 0 Å². The quantitative estimate of drug-likeness (QED) is 0.488. The van der Waals surface area contributed by atoms with Gasteiger partial charge in [0.1, 0.15) is 0 Å². The first-order chi connectivity index (χ1) is 5.93. The van der Waals surface area contributed by atoms with Gasteiger partial charge in [-0.05, 0) is 25.9 Å². The molecule has 1 saturated heterocycles. The molecule has 0 amide bonds. The van der Waals surface area contributed by atoms with Gasteiger partial charge in [-0.25, -0.2) is 0 Å². The molecule has 2 nitrogen and oxygen atoms in total. The van der Waals surface area contributed by atoms with Crippen molar-refractivity contribution >= 4 is 0 Å². The molecule has 2 heteroatoms. The molecule has 0 aromatic heterocycles. The van der Waals surface area contributed by atoms with Crippen molar-refractivity contribution in [2.75, 3.05) is 32.7 Å². The molecular weight excluding hydrogens is 148 g/mol. The van der Waals surface area contributed by atoms with Gasteiger partial charge in [0.05, 0.1) is 6.54 Å². The van der Waals surface area contributed by atoms with E-state index in [0.29, 0.717) is 6.54 Å². The second-order valence-corrected chi connectivity index (χ2v) is 3.28. The fourth-order valence-corrected chi connectivity index (χ4v) is 1.58. The van der Waals surface area contributed by atoms with E-state index in [0.717, 1.165) is 13.1 Å². The van der Waals surface area contributed by atoms with Crippen LogP contribution in [-0.2, 0) is 0 Å². The molecule has 0 aromatic rings. The third-order valence-electron chi connectivity index (χ3n) is 2.28. The van der Waals surface area contributed by atoms with E-state index in [9.17, 15) is 0 Å². The molecule has 0 aromatic carbocycles. The number of nitrogens with one attached hydrogen (secondary N) is 1. The van der Waals surface area contributed by atoms with E-state index >= 15 is 0 Å². The molecule has 1 aliphatic heterocycles. The molecular formula is C10H18N2. The molecule has 1 heterocycles. The summed E-state index contributed by atoms with van der Waals surface area (Å²) in [5.74, 6) is 2.58. The van der Waals surface area contributed by atoms with E-state index in [2.05, 4.69) is 16.1 Å². The maximum absolute atomic E-state index is 5.12. The zero-order valence-electron chi connectivity index (χ0n) is 7.68. The molecule has 0 aliphatic carbocycles. The van der Waals surface area contributed by atoms with Crippen LogP contribution in [0.1, 0.15) is 19.3 Å². The minimum Gasteiger partial charge on any atom is -0.305 e. The Kier molecular flexibility index (Phi) is 4.82. The summed E-state index contributed by atoms with van der Waals surface area (Å²) >= 11 is 0. The van der Waals surface area contributed by atoms with Gasteiger partial charge in [0.15, 0.2) is 0 Å². The number of rotatable bonds is 4. The van der Waals surface area contributed by atoms with Crippen LogP contribution in [0.15, 0.2) is 0 Å². The highest BCUT2D eigenvalue weighted by molar-refractivity contribution is 4.86. The zero-order chi connectivity index (χ0) is 8.65. The Morgan fingerprint density at radius 2 is 2.00 bits per heavy atom. The highest BCUT2D eigenvalue weighted by Gasteiger charge is 2.08. The third kappa shape index (κ3) is 3.75. The van der Waals surface area contributed by atoms with Crippen molar-refractivity contribution in [2.45, 2.75) is 19.3 Å². The zero-order valence-corrected chi connectivity index (χ0v) is 7.68. The lowest BCUT2D eigenvalue weighted by atomic mass is 10.1. The molecule has 0 spiro atoms. The van der Waals surface area contributed by atoms with Crippen LogP contribution in [0.3, 0.4) is 0 Å². The van der Waals surface area contributed by atoms with Crippen molar-refractivity contribution in [3.63, 3.8) is 0 Å². The maximum Gasteiger partial charge on any atom is 0.0574 e. The lowest BCUT2D eigenvalue weighted by Crippen LogP contribution is -2.35. The Balaban J connectivity index is 1.95.